The Bertz CT molecular complexity index is 318. The predicted molar refractivity (Wildman–Crippen MR) is 68.6 cm³/mol. The molecule has 3 aliphatic rings. The average Bonchev–Trinajstić information content (AvgIpc) is 3.08. The lowest BCUT2D eigenvalue weighted by Gasteiger charge is -2.52. The first-order chi connectivity index (χ1) is 8.68. The van der Waals surface area contributed by atoms with Gasteiger partial charge in [-0.25, -0.2) is 0 Å². The summed E-state index contributed by atoms with van der Waals surface area (Å²) in [5, 5.41) is 12.3. The molecule has 0 bridgehead atoms. The Labute approximate surface area is 108 Å². The number of carboxylic acid groups (broad SMARTS) is 1. The molecule has 5 heteroatoms. The second kappa shape index (κ2) is 4.79. The van der Waals surface area contributed by atoms with E-state index in [1.807, 2.05) is 0 Å². The zero-order valence-corrected chi connectivity index (χ0v) is 10.9. The fourth-order valence-corrected chi connectivity index (χ4v) is 3.23. The van der Waals surface area contributed by atoms with Crippen molar-refractivity contribution in [1.82, 2.24) is 15.1 Å². The molecule has 2 saturated heterocycles. The quantitative estimate of drug-likeness (QED) is 0.712. The summed E-state index contributed by atoms with van der Waals surface area (Å²) < 4.78 is 0. The molecule has 1 saturated carbocycles. The van der Waals surface area contributed by atoms with Gasteiger partial charge in [-0.2, -0.15) is 0 Å². The smallest absolute Gasteiger partial charge is 0.305 e. The minimum Gasteiger partial charge on any atom is -0.481 e. The van der Waals surface area contributed by atoms with E-state index < -0.39 is 5.97 Å². The van der Waals surface area contributed by atoms with Crippen LogP contribution in [0.4, 0.5) is 0 Å². The van der Waals surface area contributed by atoms with E-state index >= 15 is 0 Å². The molecule has 102 valence electrons. The molecule has 3 rings (SSSR count). The van der Waals surface area contributed by atoms with Gasteiger partial charge in [0.15, 0.2) is 0 Å². The van der Waals surface area contributed by atoms with Crippen molar-refractivity contribution < 1.29 is 9.90 Å². The molecule has 0 aromatic rings. The van der Waals surface area contributed by atoms with Gasteiger partial charge in [0.25, 0.3) is 0 Å². The minimum absolute atomic E-state index is 0.0997. The lowest BCUT2D eigenvalue weighted by atomic mass is 9.86. The molecule has 3 fully saturated rings. The van der Waals surface area contributed by atoms with Crippen LogP contribution in [0.15, 0.2) is 0 Å². The Balaban J connectivity index is 1.52. The molecule has 5 nitrogen and oxygen atoms in total. The first-order valence-corrected chi connectivity index (χ1v) is 7.08. The summed E-state index contributed by atoms with van der Waals surface area (Å²) in [6.07, 6.45) is 3.10. The Morgan fingerprint density at radius 2 is 1.89 bits per heavy atom. The Morgan fingerprint density at radius 1 is 1.22 bits per heavy atom. The number of rotatable bonds is 5. The topological polar surface area (TPSA) is 55.8 Å². The third-order valence-electron chi connectivity index (χ3n) is 4.64. The van der Waals surface area contributed by atoms with Crippen LogP contribution >= 0.6 is 0 Å². The number of piperazine rings is 1. The SMILES string of the molecule is O=C(O)CC1(N2CCN(CC3CC3)CC2)CNC1. The maximum absolute atomic E-state index is 11.0. The third kappa shape index (κ3) is 2.53. The second-order valence-electron chi connectivity index (χ2n) is 6.13. The molecule has 0 amide bonds. The van der Waals surface area contributed by atoms with Gasteiger partial charge in [-0.1, -0.05) is 0 Å². The number of hydrogen-bond donors (Lipinski definition) is 2. The molecule has 0 spiro atoms. The number of nitrogens with zero attached hydrogens (tertiary/aromatic N) is 2. The van der Waals surface area contributed by atoms with Gasteiger partial charge in [-0.3, -0.25) is 9.69 Å². The number of carboxylic acids is 1. The van der Waals surface area contributed by atoms with Crippen molar-refractivity contribution in [3.63, 3.8) is 0 Å². The number of carbonyl (C=O) groups is 1. The van der Waals surface area contributed by atoms with Gasteiger partial charge in [-0.15, -0.1) is 0 Å². The van der Waals surface area contributed by atoms with E-state index in [0.717, 1.165) is 45.2 Å². The summed E-state index contributed by atoms with van der Waals surface area (Å²) in [7, 11) is 0. The van der Waals surface area contributed by atoms with Crippen molar-refractivity contribution in [3.05, 3.63) is 0 Å². The van der Waals surface area contributed by atoms with Crippen LogP contribution in [0.3, 0.4) is 0 Å². The fraction of sp³-hybridized carbons (Fsp3) is 0.923. The monoisotopic (exact) mass is 253 g/mol. The molecule has 0 radical (unpaired) electrons. The highest BCUT2D eigenvalue weighted by Gasteiger charge is 2.45. The van der Waals surface area contributed by atoms with Crippen LogP contribution in [0, 0.1) is 5.92 Å². The summed E-state index contributed by atoms with van der Waals surface area (Å²) in [5.74, 6) is 0.284. The molecular formula is C13H23N3O2. The van der Waals surface area contributed by atoms with Crippen molar-refractivity contribution in [3.8, 4) is 0 Å². The summed E-state index contributed by atoms with van der Waals surface area (Å²) in [6.45, 7) is 7.21. The van der Waals surface area contributed by atoms with Gasteiger partial charge in [0, 0.05) is 45.8 Å². The van der Waals surface area contributed by atoms with Gasteiger partial charge >= 0.3 is 5.97 Å². The van der Waals surface area contributed by atoms with E-state index in [-0.39, 0.29) is 12.0 Å². The molecule has 0 unspecified atom stereocenters. The van der Waals surface area contributed by atoms with Gasteiger partial charge in [0.05, 0.1) is 12.0 Å². The van der Waals surface area contributed by atoms with Crippen LogP contribution in [0.25, 0.3) is 0 Å². The van der Waals surface area contributed by atoms with E-state index in [9.17, 15) is 4.79 Å². The van der Waals surface area contributed by atoms with Gasteiger partial charge in [0.2, 0.25) is 0 Å². The maximum Gasteiger partial charge on any atom is 0.305 e. The molecule has 1 aliphatic carbocycles. The molecule has 2 N–H and O–H groups in total. The van der Waals surface area contributed by atoms with Crippen molar-refractivity contribution >= 4 is 5.97 Å². The van der Waals surface area contributed by atoms with Crippen LogP contribution in [-0.4, -0.2) is 72.2 Å². The average molecular weight is 253 g/mol. The zero-order chi connectivity index (χ0) is 12.6. The summed E-state index contributed by atoms with van der Waals surface area (Å²) in [5.41, 5.74) is -0.0997. The third-order valence-corrected chi connectivity index (χ3v) is 4.64. The van der Waals surface area contributed by atoms with Crippen LogP contribution in [0.5, 0.6) is 0 Å². The summed E-state index contributed by atoms with van der Waals surface area (Å²) >= 11 is 0. The maximum atomic E-state index is 11.0. The molecule has 0 atom stereocenters. The van der Waals surface area contributed by atoms with Crippen molar-refractivity contribution in [2.75, 3.05) is 45.8 Å². The van der Waals surface area contributed by atoms with Crippen LogP contribution in [-0.2, 0) is 4.79 Å². The highest BCUT2D eigenvalue weighted by Crippen LogP contribution is 2.31. The van der Waals surface area contributed by atoms with Crippen molar-refractivity contribution in [2.24, 2.45) is 5.92 Å². The number of hydrogen-bond acceptors (Lipinski definition) is 4. The Morgan fingerprint density at radius 3 is 2.33 bits per heavy atom. The Kier molecular flexibility index (Phi) is 3.30. The molecule has 0 aromatic heterocycles. The lowest BCUT2D eigenvalue weighted by Crippen LogP contribution is -2.72. The first-order valence-electron chi connectivity index (χ1n) is 7.08. The fourth-order valence-electron chi connectivity index (χ4n) is 3.23. The van der Waals surface area contributed by atoms with Crippen LogP contribution < -0.4 is 5.32 Å². The summed E-state index contributed by atoms with van der Waals surface area (Å²) in [4.78, 5) is 16.0. The highest BCUT2D eigenvalue weighted by atomic mass is 16.4. The number of nitrogens with one attached hydrogen (secondary N) is 1. The van der Waals surface area contributed by atoms with Crippen LogP contribution in [0.1, 0.15) is 19.3 Å². The van der Waals surface area contributed by atoms with E-state index in [4.69, 9.17) is 5.11 Å². The standard InChI is InChI=1S/C13H23N3O2/c17-12(18)7-13(9-14-10-13)16-5-3-15(4-6-16)8-11-1-2-11/h11,14H,1-10H2,(H,17,18). The van der Waals surface area contributed by atoms with E-state index in [1.54, 1.807) is 0 Å². The van der Waals surface area contributed by atoms with Gasteiger partial charge in [0.1, 0.15) is 0 Å². The zero-order valence-electron chi connectivity index (χ0n) is 10.9. The molecular weight excluding hydrogens is 230 g/mol. The molecule has 0 aromatic carbocycles. The van der Waals surface area contributed by atoms with Gasteiger partial charge < -0.3 is 15.3 Å². The lowest BCUT2D eigenvalue weighted by molar-refractivity contribution is -0.142. The van der Waals surface area contributed by atoms with E-state index in [1.165, 1.54) is 19.4 Å². The predicted octanol–water partition coefficient (Wildman–Crippen LogP) is -0.169. The molecule has 2 aliphatic heterocycles. The van der Waals surface area contributed by atoms with Gasteiger partial charge in [-0.05, 0) is 18.8 Å². The highest BCUT2D eigenvalue weighted by molar-refractivity contribution is 5.68. The molecule has 18 heavy (non-hydrogen) atoms. The second-order valence-corrected chi connectivity index (χ2v) is 6.13. The first kappa shape index (κ1) is 12.4. The van der Waals surface area contributed by atoms with Crippen molar-refractivity contribution in [2.45, 2.75) is 24.8 Å². The van der Waals surface area contributed by atoms with E-state index in [2.05, 4.69) is 15.1 Å². The number of aliphatic carboxylic acids is 1. The van der Waals surface area contributed by atoms with E-state index in [0.29, 0.717) is 0 Å². The Hall–Kier alpha value is -0.650. The van der Waals surface area contributed by atoms with Crippen molar-refractivity contribution in [1.29, 1.82) is 0 Å². The van der Waals surface area contributed by atoms with Crippen LogP contribution in [0.2, 0.25) is 0 Å². The summed E-state index contributed by atoms with van der Waals surface area (Å²) in [6, 6.07) is 0. The minimum atomic E-state index is -0.670. The molecule has 2 heterocycles. The normalized spacial score (nSPS) is 28.9. The largest absolute Gasteiger partial charge is 0.481 e.